The van der Waals surface area contributed by atoms with Gasteiger partial charge in [0, 0.05) is 50.6 Å². The van der Waals surface area contributed by atoms with Crippen LogP contribution in [-0.2, 0) is 26.5 Å². The molecule has 8 rings (SSSR count). The predicted octanol–water partition coefficient (Wildman–Crippen LogP) is 10.7. The van der Waals surface area contributed by atoms with Crippen LogP contribution in [-0.4, -0.2) is 18.7 Å². The van der Waals surface area contributed by atoms with Gasteiger partial charge in [0.05, 0.1) is 6.04 Å². The summed E-state index contributed by atoms with van der Waals surface area (Å²) in [7, 11) is 0. The summed E-state index contributed by atoms with van der Waals surface area (Å²) in [6, 6.07) is 49.0. The Hall–Kier alpha value is -4.79. The number of aryl methyl sites for hydroxylation is 1. The van der Waals surface area contributed by atoms with Gasteiger partial charge in [0.2, 0.25) is 0 Å². The van der Waals surface area contributed by atoms with Crippen LogP contribution in [0.5, 0.6) is 0 Å². The molecule has 0 bridgehead atoms. The summed E-state index contributed by atoms with van der Waals surface area (Å²) >= 11 is 0. The number of benzene rings is 5. The minimum atomic E-state index is -0.362. The number of imidazole rings is 1. The third-order valence-corrected chi connectivity index (χ3v) is 9.62. The minimum Gasteiger partial charge on any atom is -0.319 e. The summed E-state index contributed by atoms with van der Waals surface area (Å²) in [5.41, 5.74) is 11.0. The number of nitrogens with zero attached hydrogens (tertiary/aromatic N) is 4. The van der Waals surface area contributed by atoms with Crippen LogP contribution in [0.25, 0.3) is 55.5 Å². The summed E-state index contributed by atoms with van der Waals surface area (Å²) in [4.78, 5) is 4.90. The van der Waals surface area contributed by atoms with Crippen molar-refractivity contribution >= 4 is 32.8 Å². The van der Waals surface area contributed by atoms with Gasteiger partial charge < -0.3 is 4.57 Å². The third kappa shape index (κ3) is 5.20. The predicted molar refractivity (Wildman–Crippen MR) is 195 cm³/mol. The number of aromatic nitrogens is 4. The topological polar surface area (TPSA) is 27.7 Å². The molecular weight excluding hydrogens is 768 g/mol. The van der Waals surface area contributed by atoms with Crippen LogP contribution < -0.4 is 0 Å². The monoisotopic (exact) mass is 804 g/mol. The molecule has 0 aliphatic heterocycles. The number of para-hydroxylation sites is 3. The van der Waals surface area contributed by atoms with E-state index in [-0.39, 0.29) is 26.5 Å². The molecule has 8 aromatic rings. The Bertz CT molecular complexity index is 2450. The van der Waals surface area contributed by atoms with E-state index in [4.69, 9.17) is 4.98 Å². The van der Waals surface area contributed by atoms with E-state index in [1.165, 1.54) is 27.5 Å². The molecule has 0 saturated carbocycles. The first-order chi connectivity index (χ1) is 22.8. The van der Waals surface area contributed by atoms with E-state index in [1.807, 2.05) is 6.20 Å². The average Bonchev–Trinajstić information content (AvgIpc) is 3.65. The normalized spacial score (nSPS) is 11.9. The maximum Gasteiger partial charge on any atom is 0.188 e. The first-order valence-corrected chi connectivity index (χ1v) is 16.3. The Morgan fingerprint density at radius 1 is 0.708 bits per heavy atom. The maximum atomic E-state index is 4.90. The fourth-order valence-corrected chi connectivity index (χ4v) is 6.95. The molecule has 0 amide bonds. The molecule has 0 saturated heterocycles. The summed E-state index contributed by atoms with van der Waals surface area (Å²) in [6.45, 7) is 11.1. The van der Waals surface area contributed by atoms with E-state index in [2.05, 4.69) is 182 Å². The Morgan fingerprint density at radius 3 is 2.21 bits per heavy atom. The Morgan fingerprint density at radius 2 is 1.42 bits per heavy atom. The van der Waals surface area contributed by atoms with Crippen LogP contribution in [0, 0.1) is 19.1 Å². The molecule has 0 atom stereocenters. The van der Waals surface area contributed by atoms with Gasteiger partial charge >= 0.3 is 0 Å². The summed E-state index contributed by atoms with van der Waals surface area (Å²) < 4.78 is 6.85. The standard InChI is InChI=1S/C43H37N4.Pt/c1-29(2)45-28-46(40-20-11-10-19-39(40)45)34-15-12-14-32(26-34)43(4,5)33-21-22-37-36-17-8-9-18-38(36)47(41(37)27-33)42-25-31(23-24-44-42)35-16-7-6-13-30(35)3;/h6-25,28-29H,1-5H3;/q-1;. The van der Waals surface area contributed by atoms with Crippen molar-refractivity contribution in [2.24, 2.45) is 0 Å². The van der Waals surface area contributed by atoms with E-state index >= 15 is 0 Å². The second kappa shape index (κ2) is 12.3. The fraction of sp³-hybridized carbons (Fsp3) is 0.163. The van der Waals surface area contributed by atoms with Crippen LogP contribution in [0.3, 0.4) is 0 Å². The maximum absolute atomic E-state index is 4.90. The molecule has 3 aromatic heterocycles. The van der Waals surface area contributed by atoms with Gasteiger partial charge in [-0.15, -0.1) is 23.1 Å². The van der Waals surface area contributed by atoms with Gasteiger partial charge in [0.25, 0.3) is 0 Å². The van der Waals surface area contributed by atoms with E-state index in [0.29, 0.717) is 6.04 Å². The Balaban J connectivity index is 0.00000364. The van der Waals surface area contributed by atoms with Crippen LogP contribution in [0.15, 0.2) is 128 Å². The van der Waals surface area contributed by atoms with Crippen LogP contribution in [0.2, 0.25) is 0 Å². The first-order valence-electron chi connectivity index (χ1n) is 16.3. The van der Waals surface area contributed by atoms with Gasteiger partial charge in [0.1, 0.15) is 5.82 Å². The van der Waals surface area contributed by atoms with Gasteiger partial charge in [-0.3, -0.25) is 0 Å². The van der Waals surface area contributed by atoms with Gasteiger partial charge in [-0.2, -0.15) is 35.9 Å². The van der Waals surface area contributed by atoms with Gasteiger partial charge in [-0.1, -0.05) is 61.8 Å². The average molecular weight is 805 g/mol. The van der Waals surface area contributed by atoms with Crippen molar-refractivity contribution in [1.29, 1.82) is 0 Å². The minimum absolute atomic E-state index is 0. The second-order valence-electron chi connectivity index (χ2n) is 13.3. The molecule has 0 spiro atoms. The zero-order valence-corrected chi connectivity index (χ0v) is 30.1. The van der Waals surface area contributed by atoms with Crippen LogP contribution in [0.1, 0.15) is 50.4 Å². The molecule has 48 heavy (non-hydrogen) atoms. The zero-order chi connectivity index (χ0) is 32.3. The van der Waals surface area contributed by atoms with Crippen molar-refractivity contribution < 1.29 is 21.1 Å². The molecular formula is C43H37N4Pt-. The summed E-state index contributed by atoms with van der Waals surface area (Å²) in [5.74, 6) is 0.884. The Kier molecular flexibility index (Phi) is 8.17. The summed E-state index contributed by atoms with van der Waals surface area (Å²) in [5, 5.41) is 2.36. The molecule has 0 aliphatic carbocycles. The van der Waals surface area contributed by atoms with E-state index < -0.39 is 0 Å². The number of pyridine rings is 1. The molecule has 3 heterocycles. The smallest absolute Gasteiger partial charge is 0.188 e. The SMILES string of the molecule is Cc1ccccc1-c1ccnc(-n2c3[c-]c(C(C)(C)c4[c-]c(-n5[cH+]n(C(C)C)c6ccccc65)ccc4)ccc3c3ccccc32)c1.[Pt]. The van der Waals surface area contributed by atoms with Crippen molar-refractivity contribution in [3.8, 4) is 22.6 Å². The van der Waals surface area contributed by atoms with Gasteiger partial charge in [-0.25, -0.2) is 14.1 Å². The second-order valence-corrected chi connectivity index (χ2v) is 13.3. The van der Waals surface area contributed by atoms with Crippen molar-refractivity contribution in [2.75, 3.05) is 0 Å². The van der Waals surface area contributed by atoms with Crippen molar-refractivity contribution in [1.82, 2.24) is 18.7 Å². The number of fused-ring (bicyclic) bond motifs is 4. The Labute approximate surface area is 296 Å². The van der Waals surface area contributed by atoms with E-state index in [9.17, 15) is 0 Å². The van der Waals surface area contributed by atoms with Gasteiger partial charge in [0.15, 0.2) is 17.4 Å². The first kappa shape index (κ1) is 31.8. The largest absolute Gasteiger partial charge is 0.319 e. The van der Waals surface area contributed by atoms with Gasteiger partial charge in [-0.05, 0) is 78.6 Å². The molecule has 4 nitrogen and oxygen atoms in total. The zero-order valence-electron chi connectivity index (χ0n) is 27.8. The van der Waals surface area contributed by atoms with Crippen molar-refractivity contribution in [2.45, 2.75) is 46.1 Å². The quantitative estimate of drug-likeness (QED) is 0.154. The van der Waals surface area contributed by atoms with Crippen LogP contribution in [0.4, 0.5) is 0 Å². The molecule has 240 valence electrons. The summed E-state index contributed by atoms with van der Waals surface area (Å²) in [6.07, 6.45) is 4.12. The van der Waals surface area contributed by atoms with E-state index in [1.54, 1.807) is 0 Å². The molecule has 5 heteroatoms. The molecule has 0 aliphatic rings. The fourth-order valence-electron chi connectivity index (χ4n) is 6.95. The van der Waals surface area contributed by atoms with Crippen molar-refractivity contribution in [3.63, 3.8) is 0 Å². The molecule has 0 fully saturated rings. The number of hydrogen-bond acceptors (Lipinski definition) is 1. The molecule has 0 radical (unpaired) electrons. The number of hydrogen-bond donors (Lipinski definition) is 0. The molecule has 0 unspecified atom stereocenters. The molecule has 0 N–H and O–H groups in total. The number of rotatable bonds is 6. The molecule has 5 aromatic carbocycles. The third-order valence-electron chi connectivity index (χ3n) is 9.62. The van der Waals surface area contributed by atoms with Crippen LogP contribution >= 0.6 is 0 Å². The van der Waals surface area contributed by atoms with Crippen molar-refractivity contribution in [3.05, 3.63) is 157 Å². The van der Waals surface area contributed by atoms with E-state index in [0.717, 1.165) is 44.6 Å².